The van der Waals surface area contributed by atoms with Crippen LogP contribution in [0.4, 0.5) is 0 Å². The Kier molecular flexibility index (Phi) is 1.83. The lowest BCUT2D eigenvalue weighted by molar-refractivity contribution is -0.134. The summed E-state index contributed by atoms with van der Waals surface area (Å²) in [6, 6.07) is 0. The molecule has 2 heterocycles. The van der Waals surface area contributed by atoms with E-state index < -0.39 is 0 Å². The topological polar surface area (TPSA) is 32.8 Å². The first-order valence-corrected chi connectivity index (χ1v) is 4.59. The van der Waals surface area contributed by atoms with Crippen molar-refractivity contribution in [3.63, 3.8) is 0 Å². The molecule has 0 aromatic carbocycles. The minimum atomic E-state index is 0.144. The van der Waals surface area contributed by atoms with Crippen molar-refractivity contribution in [3.8, 4) is 0 Å². The number of epoxide rings is 1. The third-order valence-electron chi connectivity index (χ3n) is 2.82. The van der Waals surface area contributed by atoms with Gasteiger partial charge in [-0.15, -0.1) is 0 Å². The van der Waals surface area contributed by atoms with Gasteiger partial charge in [-0.25, -0.2) is 0 Å². The smallest absolute Gasteiger partial charge is 0.225 e. The van der Waals surface area contributed by atoms with Crippen LogP contribution in [0.25, 0.3) is 0 Å². The maximum absolute atomic E-state index is 11.5. The predicted octanol–water partition coefficient (Wildman–Crippen LogP) is 0.642. The highest BCUT2D eigenvalue weighted by Crippen LogP contribution is 2.33. The molecule has 2 aliphatic rings. The van der Waals surface area contributed by atoms with Gasteiger partial charge in [-0.3, -0.25) is 4.79 Å². The minimum absolute atomic E-state index is 0.144. The fourth-order valence-electron chi connectivity index (χ4n) is 1.90. The Hall–Kier alpha value is -0.570. The number of fused-ring (bicyclic) bond motifs is 1. The Bertz CT molecular complexity index is 205. The average molecular weight is 169 g/mol. The number of hydrogen-bond donors (Lipinski definition) is 0. The lowest BCUT2D eigenvalue weighted by atomic mass is 9.99. The molecule has 0 radical (unpaired) electrons. The summed E-state index contributed by atoms with van der Waals surface area (Å²) in [5.41, 5.74) is 0. The molecule has 3 nitrogen and oxygen atoms in total. The molecule has 2 fully saturated rings. The quantitative estimate of drug-likeness (QED) is 0.498. The lowest BCUT2D eigenvalue weighted by Crippen LogP contribution is -2.35. The molecule has 0 N–H and O–H groups in total. The van der Waals surface area contributed by atoms with E-state index in [1.165, 1.54) is 0 Å². The average Bonchev–Trinajstić information content (AvgIpc) is 2.76. The zero-order chi connectivity index (χ0) is 8.72. The van der Waals surface area contributed by atoms with Gasteiger partial charge in [-0.05, 0) is 12.8 Å². The largest absolute Gasteiger partial charge is 0.369 e. The van der Waals surface area contributed by atoms with Crippen molar-refractivity contribution in [2.24, 2.45) is 5.92 Å². The number of rotatable bonds is 0. The number of likely N-dealkylation sites (tertiary alicyclic amines) is 1. The van der Waals surface area contributed by atoms with E-state index in [1.807, 2.05) is 18.9 Å². The fourth-order valence-corrected chi connectivity index (χ4v) is 1.90. The molecule has 2 rings (SSSR count). The Morgan fingerprint density at radius 2 is 2.25 bits per heavy atom. The molecule has 3 unspecified atom stereocenters. The monoisotopic (exact) mass is 169 g/mol. The van der Waals surface area contributed by atoms with Gasteiger partial charge in [0, 0.05) is 19.5 Å². The summed E-state index contributed by atoms with van der Waals surface area (Å²) in [5.74, 6) is 0.411. The zero-order valence-corrected chi connectivity index (χ0v) is 7.62. The van der Waals surface area contributed by atoms with Crippen LogP contribution < -0.4 is 0 Å². The number of hydrogen-bond acceptors (Lipinski definition) is 2. The van der Waals surface area contributed by atoms with Crippen molar-refractivity contribution in [1.82, 2.24) is 4.90 Å². The Balaban J connectivity index is 2.02. The van der Waals surface area contributed by atoms with Crippen LogP contribution in [0.5, 0.6) is 0 Å². The third kappa shape index (κ3) is 1.33. The summed E-state index contributed by atoms with van der Waals surface area (Å²) in [5, 5.41) is 0. The van der Waals surface area contributed by atoms with E-state index in [2.05, 4.69) is 0 Å². The second kappa shape index (κ2) is 2.73. The van der Waals surface area contributed by atoms with E-state index in [0.717, 1.165) is 19.4 Å². The molecule has 1 amide bonds. The highest BCUT2D eigenvalue weighted by atomic mass is 16.6. The lowest BCUT2D eigenvalue weighted by Gasteiger charge is -2.22. The van der Waals surface area contributed by atoms with Crippen LogP contribution in [0.3, 0.4) is 0 Å². The van der Waals surface area contributed by atoms with Crippen LogP contribution in [0.15, 0.2) is 0 Å². The molecule has 3 atom stereocenters. The minimum Gasteiger partial charge on any atom is -0.369 e. The van der Waals surface area contributed by atoms with E-state index in [-0.39, 0.29) is 11.8 Å². The van der Waals surface area contributed by atoms with E-state index in [0.29, 0.717) is 12.2 Å². The number of carbonyl (C=O) groups is 1. The molecule has 0 aliphatic carbocycles. The van der Waals surface area contributed by atoms with E-state index in [1.54, 1.807) is 0 Å². The van der Waals surface area contributed by atoms with Crippen molar-refractivity contribution in [1.29, 1.82) is 0 Å². The van der Waals surface area contributed by atoms with Gasteiger partial charge in [0.15, 0.2) is 0 Å². The molecule has 12 heavy (non-hydrogen) atoms. The molecular formula is C9H15NO2. The van der Waals surface area contributed by atoms with Crippen molar-refractivity contribution in [3.05, 3.63) is 0 Å². The van der Waals surface area contributed by atoms with Crippen LogP contribution in [0.1, 0.15) is 19.8 Å². The second-order valence-electron chi connectivity index (χ2n) is 3.90. The molecular weight excluding hydrogens is 154 g/mol. The Morgan fingerprint density at radius 3 is 3.00 bits per heavy atom. The van der Waals surface area contributed by atoms with Crippen LogP contribution in [0, 0.1) is 5.92 Å². The van der Waals surface area contributed by atoms with E-state index >= 15 is 0 Å². The van der Waals surface area contributed by atoms with Gasteiger partial charge in [0.05, 0.1) is 12.2 Å². The zero-order valence-electron chi connectivity index (χ0n) is 7.62. The molecule has 68 valence electrons. The van der Waals surface area contributed by atoms with Gasteiger partial charge in [0.1, 0.15) is 0 Å². The summed E-state index contributed by atoms with van der Waals surface area (Å²) in [6.07, 6.45) is 2.76. The molecule has 0 bridgehead atoms. The molecule has 0 aromatic heterocycles. The Labute approximate surface area is 72.7 Å². The van der Waals surface area contributed by atoms with Gasteiger partial charge >= 0.3 is 0 Å². The van der Waals surface area contributed by atoms with E-state index in [4.69, 9.17) is 4.74 Å². The van der Waals surface area contributed by atoms with Gasteiger partial charge in [-0.1, -0.05) is 6.92 Å². The number of carbonyl (C=O) groups excluding carboxylic acids is 1. The molecule has 0 saturated carbocycles. The van der Waals surface area contributed by atoms with Crippen LogP contribution in [-0.4, -0.2) is 36.6 Å². The van der Waals surface area contributed by atoms with Crippen LogP contribution in [-0.2, 0) is 9.53 Å². The standard InChI is InChI=1S/C9H15NO2/c1-6-5-8-7(12-8)3-4-10(2)9(6)11/h6-8H,3-5H2,1-2H3. The normalized spacial score (nSPS) is 41.7. The SMILES string of the molecule is CC1CC2OC2CCN(C)C1=O. The van der Waals surface area contributed by atoms with Crippen LogP contribution in [0.2, 0.25) is 0 Å². The predicted molar refractivity (Wildman–Crippen MR) is 44.7 cm³/mol. The first kappa shape index (κ1) is 8.05. The highest BCUT2D eigenvalue weighted by Gasteiger charge is 2.42. The maximum Gasteiger partial charge on any atom is 0.225 e. The van der Waals surface area contributed by atoms with Gasteiger partial charge in [-0.2, -0.15) is 0 Å². The third-order valence-corrected chi connectivity index (χ3v) is 2.82. The van der Waals surface area contributed by atoms with Gasteiger partial charge < -0.3 is 9.64 Å². The molecule has 2 aliphatic heterocycles. The second-order valence-corrected chi connectivity index (χ2v) is 3.90. The highest BCUT2D eigenvalue weighted by molar-refractivity contribution is 5.78. The van der Waals surface area contributed by atoms with Crippen molar-refractivity contribution in [2.45, 2.75) is 32.0 Å². The summed E-state index contributed by atoms with van der Waals surface area (Å²) in [6.45, 7) is 2.84. The first-order valence-electron chi connectivity index (χ1n) is 4.59. The first-order chi connectivity index (χ1) is 5.68. The van der Waals surface area contributed by atoms with Crippen molar-refractivity contribution in [2.75, 3.05) is 13.6 Å². The molecule has 0 aromatic rings. The summed E-state index contributed by atoms with van der Waals surface area (Å²) in [7, 11) is 1.88. The van der Waals surface area contributed by atoms with E-state index in [9.17, 15) is 4.79 Å². The number of nitrogens with zero attached hydrogens (tertiary/aromatic N) is 1. The van der Waals surface area contributed by atoms with Crippen molar-refractivity contribution >= 4 is 5.91 Å². The fraction of sp³-hybridized carbons (Fsp3) is 0.889. The molecule has 0 spiro atoms. The Morgan fingerprint density at radius 1 is 1.50 bits per heavy atom. The number of ether oxygens (including phenoxy) is 1. The summed E-state index contributed by atoms with van der Waals surface area (Å²) < 4.78 is 5.43. The van der Waals surface area contributed by atoms with Gasteiger partial charge in [0.2, 0.25) is 5.91 Å². The number of amides is 1. The van der Waals surface area contributed by atoms with Crippen LogP contribution >= 0.6 is 0 Å². The van der Waals surface area contributed by atoms with Gasteiger partial charge in [0.25, 0.3) is 0 Å². The maximum atomic E-state index is 11.5. The summed E-state index contributed by atoms with van der Waals surface area (Å²) in [4.78, 5) is 13.4. The molecule has 2 saturated heterocycles. The molecule has 3 heteroatoms. The van der Waals surface area contributed by atoms with Crippen molar-refractivity contribution < 1.29 is 9.53 Å². The summed E-state index contributed by atoms with van der Waals surface area (Å²) >= 11 is 0.